The van der Waals surface area contributed by atoms with Crippen LogP contribution in [0.1, 0.15) is 57.9 Å². The molecule has 2 atom stereocenters. The second-order valence-corrected chi connectivity index (χ2v) is 8.21. The van der Waals surface area contributed by atoms with Crippen LogP contribution < -0.4 is 0 Å². The van der Waals surface area contributed by atoms with E-state index in [2.05, 4.69) is 10.2 Å². The lowest BCUT2D eigenvalue weighted by Gasteiger charge is -2.13. The molecule has 0 radical (unpaired) electrons. The molecule has 0 N–H and O–H groups in total. The van der Waals surface area contributed by atoms with Crippen LogP contribution in [0.15, 0.2) is 119 Å². The zero-order valence-corrected chi connectivity index (χ0v) is 20.1. The van der Waals surface area contributed by atoms with E-state index in [-0.39, 0.29) is 12.2 Å². The summed E-state index contributed by atoms with van der Waals surface area (Å²) in [5.74, 6) is -0.808. The van der Waals surface area contributed by atoms with Crippen molar-refractivity contribution in [3.8, 4) is 0 Å². The minimum atomic E-state index is -0.404. The maximum atomic E-state index is 12.4. The molecule has 0 fully saturated rings. The van der Waals surface area contributed by atoms with Crippen molar-refractivity contribution < 1.29 is 19.1 Å². The third-order valence-electron chi connectivity index (χ3n) is 5.59. The van der Waals surface area contributed by atoms with E-state index in [0.717, 1.165) is 11.1 Å². The van der Waals surface area contributed by atoms with Crippen molar-refractivity contribution in [1.82, 2.24) is 0 Å². The Morgan fingerprint density at radius 1 is 0.528 bits per heavy atom. The first-order valence-corrected chi connectivity index (χ1v) is 11.6. The third kappa shape index (κ3) is 6.51. The van der Waals surface area contributed by atoms with Gasteiger partial charge in [-0.25, -0.2) is 9.59 Å². The van der Waals surface area contributed by atoms with Crippen molar-refractivity contribution in [2.75, 3.05) is 0 Å². The van der Waals surface area contributed by atoms with Gasteiger partial charge in [0.05, 0.1) is 22.5 Å². The highest BCUT2D eigenvalue weighted by atomic mass is 16.5. The van der Waals surface area contributed by atoms with Crippen molar-refractivity contribution in [3.05, 3.63) is 131 Å². The molecule has 0 aliphatic carbocycles. The third-order valence-corrected chi connectivity index (χ3v) is 5.59. The smallest absolute Gasteiger partial charge is 0.338 e. The number of carbonyl (C=O) groups excluding carboxylic acids is 2. The first-order chi connectivity index (χ1) is 17.5. The summed E-state index contributed by atoms with van der Waals surface area (Å²) in [5.41, 5.74) is 3.90. The molecule has 0 bridgehead atoms. The van der Waals surface area contributed by atoms with Gasteiger partial charge in [0.15, 0.2) is 0 Å². The van der Waals surface area contributed by atoms with Crippen LogP contribution in [-0.4, -0.2) is 11.9 Å². The summed E-state index contributed by atoms with van der Waals surface area (Å²) in [7, 11) is 0. The quantitative estimate of drug-likeness (QED) is 0.190. The molecule has 4 aromatic rings. The van der Waals surface area contributed by atoms with Gasteiger partial charge in [0, 0.05) is 0 Å². The van der Waals surface area contributed by atoms with Gasteiger partial charge in [0.25, 0.3) is 0 Å². The Balaban J connectivity index is 1.32. The molecule has 4 aromatic carbocycles. The van der Waals surface area contributed by atoms with Gasteiger partial charge in [-0.2, -0.15) is 10.2 Å². The van der Waals surface area contributed by atoms with E-state index in [1.165, 1.54) is 0 Å². The Morgan fingerprint density at radius 3 is 1.19 bits per heavy atom. The molecule has 6 nitrogen and oxygen atoms in total. The lowest BCUT2D eigenvalue weighted by molar-refractivity contribution is 0.0328. The zero-order chi connectivity index (χ0) is 25.3. The van der Waals surface area contributed by atoms with Gasteiger partial charge >= 0.3 is 11.9 Å². The van der Waals surface area contributed by atoms with E-state index in [9.17, 15) is 9.59 Å². The fraction of sp³-hybridized carbons (Fsp3) is 0.133. The summed E-state index contributed by atoms with van der Waals surface area (Å²) in [5, 5.41) is 8.41. The Labute approximate surface area is 210 Å². The molecular weight excluding hydrogens is 452 g/mol. The van der Waals surface area contributed by atoms with Crippen LogP contribution in [0.25, 0.3) is 0 Å². The fourth-order valence-corrected chi connectivity index (χ4v) is 3.49. The van der Waals surface area contributed by atoms with E-state index in [4.69, 9.17) is 9.47 Å². The minimum Gasteiger partial charge on any atom is -0.454 e. The normalized spacial score (nSPS) is 12.6. The van der Waals surface area contributed by atoms with Gasteiger partial charge < -0.3 is 9.47 Å². The fourth-order valence-electron chi connectivity index (χ4n) is 3.49. The second-order valence-electron chi connectivity index (χ2n) is 8.21. The molecule has 0 spiro atoms. The van der Waals surface area contributed by atoms with Gasteiger partial charge in [-0.3, -0.25) is 0 Å². The van der Waals surface area contributed by atoms with Crippen LogP contribution >= 0.6 is 0 Å². The Hall–Kier alpha value is -4.58. The van der Waals surface area contributed by atoms with Crippen molar-refractivity contribution in [2.24, 2.45) is 10.2 Å². The van der Waals surface area contributed by atoms with Crippen molar-refractivity contribution in [3.63, 3.8) is 0 Å². The molecule has 6 heteroatoms. The molecule has 0 aliphatic heterocycles. The van der Waals surface area contributed by atoms with E-state index >= 15 is 0 Å². The van der Waals surface area contributed by atoms with E-state index in [1.54, 1.807) is 48.5 Å². The van der Waals surface area contributed by atoms with E-state index in [1.807, 2.05) is 74.5 Å². The highest BCUT2D eigenvalue weighted by Crippen LogP contribution is 2.23. The van der Waals surface area contributed by atoms with Crippen LogP contribution in [0.2, 0.25) is 0 Å². The van der Waals surface area contributed by atoms with Crippen LogP contribution in [0.5, 0.6) is 0 Å². The van der Waals surface area contributed by atoms with Crippen molar-refractivity contribution >= 4 is 23.3 Å². The average Bonchev–Trinajstić information content (AvgIpc) is 2.93. The number of hydrogen-bond donors (Lipinski definition) is 0. The van der Waals surface area contributed by atoms with Crippen LogP contribution in [0, 0.1) is 0 Å². The lowest BCUT2D eigenvalue weighted by atomic mass is 10.1. The molecule has 0 saturated heterocycles. The highest BCUT2D eigenvalue weighted by Gasteiger charge is 2.14. The Kier molecular flexibility index (Phi) is 7.98. The number of nitrogens with zero attached hydrogens (tertiary/aromatic N) is 2. The number of esters is 2. The topological polar surface area (TPSA) is 77.3 Å². The van der Waals surface area contributed by atoms with Crippen LogP contribution in [0.3, 0.4) is 0 Å². The average molecular weight is 479 g/mol. The first-order valence-electron chi connectivity index (χ1n) is 11.6. The molecule has 180 valence electrons. The SMILES string of the molecule is CC(OC(=O)c1ccc(N=Nc2ccc(C(=O)OC(C)c3ccccc3)cc2)cc1)c1ccccc1. The summed E-state index contributed by atoms with van der Waals surface area (Å²) >= 11 is 0. The molecule has 0 heterocycles. The van der Waals surface area contributed by atoms with Crippen LogP contribution in [0.4, 0.5) is 11.4 Å². The summed E-state index contributed by atoms with van der Waals surface area (Å²) in [6.45, 7) is 3.68. The van der Waals surface area contributed by atoms with Gasteiger partial charge in [0.1, 0.15) is 12.2 Å². The summed E-state index contributed by atoms with van der Waals surface area (Å²) < 4.78 is 11.1. The van der Waals surface area contributed by atoms with Gasteiger partial charge in [-0.05, 0) is 73.5 Å². The highest BCUT2D eigenvalue weighted by molar-refractivity contribution is 5.90. The molecule has 0 amide bonds. The standard InChI is InChI=1S/C30H26N2O4/c1-21(23-9-5-3-6-10-23)35-29(33)25-13-17-27(18-14-25)31-32-28-19-15-26(16-20-28)30(34)36-22(2)24-11-7-4-8-12-24/h3-22H,1-2H3. The largest absolute Gasteiger partial charge is 0.454 e. The summed E-state index contributed by atoms with van der Waals surface area (Å²) in [6, 6.07) is 32.6. The number of rotatable bonds is 8. The summed E-state index contributed by atoms with van der Waals surface area (Å²) in [4.78, 5) is 24.9. The first kappa shape index (κ1) is 24.5. The second kappa shape index (κ2) is 11.7. The predicted molar refractivity (Wildman–Crippen MR) is 138 cm³/mol. The number of carbonyl (C=O) groups is 2. The number of benzene rings is 4. The molecule has 2 unspecified atom stereocenters. The summed E-state index contributed by atoms with van der Waals surface area (Å²) in [6.07, 6.45) is -0.695. The van der Waals surface area contributed by atoms with Gasteiger partial charge in [0.2, 0.25) is 0 Å². The van der Waals surface area contributed by atoms with E-state index < -0.39 is 11.9 Å². The number of azo groups is 1. The number of hydrogen-bond acceptors (Lipinski definition) is 6. The van der Waals surface area contributed by atoms with Gasteiger partial charge in [-0.1, -0.05) is 60.7 Å². The van der Waals surface area contributed by atoms with Gasteiger partial charge in [-0.15, -0.1) is 0 Å². The monoisotopic (exact) mass is 478 g/mol. The molecular formula is C30H26N2O4. The zero-order valence-electron chi connectivity index (χ0n) is 20.1. The minimum absolute atomic E-state index is 0.347. The Bertz CT molecular complexity index is 1210. The molecule has 0 aromatic heterocycles. The lowest BCUT2D eigenvalue weighted by Crippen LogP contribution is -2.09. The maximum absolute atomic E-state index is 12.4. The molecule has 4 rings (SSSR count). The molecule has 0 saturated carbocycles. The van der Waals surface area contributed by atoms with E-state index in [0.29, 0.717) is 22.5 Å². The van der Waals surface area contributed by atoms with Crippen LogP contribution in [-0.2, 0) is 9.47 Å². The molecule has 36 heavy (non-hydrogen) atoms. The number of ether oxygens (including phenoxy) is 2. The predicted octanol–water partition coefficient (Wildman–Crippen LogP) is 7.94. The molecule has 0 aliphatic rings. The van der Waals surface area contributed by atoms with Crippen molar-refractivity contribution in [2.45, 2.75) is 26.1 Å². The Morgan fingerprint density at radius 2 is 0.861 bits per heavy atom. The van der Waals surface area contributed by atoms with Crippen molar-refractivity contribution in [1.29, 1.82) is 0 Å². The maximum Gasteiger partial charge on any atom is 0.338 e.